The second-order valence-electron chi connectivity index (χ2n) is 2.76. The first-order valence-electron chi connectivity index (χ1n) is 3.96. The Balaban J connectivity index is 2.87. The minimum Gasteiger partial charge on any atom is -0.384 e. The summed E-state index contributed by atoms with van der Waals surface area (Å²) in [6, 6.07) is 2.77. The number of aromatic nitrogens is 1. The first-order valence-corrected chi connectivity index (χ1v) is 5.82. The van der Waals surface area contributed by atoms with Crippen molar-refractivity contribution in [3.63, 3.8) is 0 Å². The van der Waals surface area contributed by atoms with Crippen LogP contribution in [0.15, 0.2) is 34.8 Å². The number of anilines is 1. The number of rotatable bonds is 4. The molecule has 0 bridgehead atoms. The van der Waals surface area contributed by atoms with E-state index in [2.05, 4.69) is 16.3 Å². The number of halogens is 1. The maximum absolute atomic E-state index is 11.6. The van der Waals surface area contributed by atoms with E-state index in [4.69, 9.17) is 17.3 Å². The number of hydrogen-bond acceptors (Lipinski definition) is 4. The summed E-state index contributed by atoms with van der Waals surface area (Å²) < 4.78 is 25.4. The van der Waals surface area contributed by atoms with Gasteiger partial charge < -0.3 is 5.73 Å². The minimum atomic E-state index is -3.59. The topological polar surface area (TPSA) is 85.1 Å². The number of nitrogens with two attached hydrogens (primary N) is 1. The fraction of sp³-hybridized carbons (Fsp3) is 0.125. The molecule has 0 radical (unpaired) electrons. The van der Waals surface area contributed by atoms with E-state index in [0.29, 0.717) is 0 Å². The van der Waals surface area contributed by atoms with Crippen LogP contribution in [0.5, 0.6) is 0 Å². The Hall–Kier alpha value is -1.11. The first kappa shape index (κ1) is 12.0. The fourth-order valence-electron chi connectivity index (χ4n) is 0.807. The summed E-state index contributed by atoms with van der Waals surface area (Å²) in [7, 11) is -3.59. The van der Waals surface area contributed by atoms with Gasteiger partial charge >= 0.3 is 0 Å². The van der Waals surface area contributed by atoms with Crippen LogP contribution < -0.4 is 10.5 Å². The molecule has 0 saturated carbocycles. The molecule has 7 heteroatoms. The number of sulfonamides is 1. The largest absolute Gasteiger partial charge is 0.384 e. The zero-order chi connectivity index (χ0) is 11.5. The molecule has 1 aromatic heterocycles. The van der Waals surface area contributed by atoms with Gasteiger partial charge in [0.25, 0.3) is 0 Å². The van der Waals surface area contributed by atoms with Gasteiger partial charge in [0.15, 0.2) is 0 Å². The van der Waals surface area contributed by atoms with Crippen LogP contribution >= 0.6 is 11.6 Å². The SMILES string of the molecule is C=C(Cl)CNS(=O)(=O)c1ccc(N)nc1. The molecule has 5 nitrogen and oxygen atoms in total. The van der Waals surface area contributed by atoms with Crippen LogP contribution in [0.3, 0.4) is 0 Å². The minimum absolute atomic E-state index is 0.0196. The smallest absolute Gasteiger partial charge is 0.242 e. The van der Waals surface area contributed by atoms with Gasteiger partial charge in [-0.1, -0.05) is 18.2 Å². The summed E-state index contributed by atoms with van der Waals surface area (Å²) in [4.78, 5) is 3.71. The van der Waals surface area contributed by atoms with Gasteiger partial charge in [0.2, 0.25) is 10.0 Å². The predicted molar refractivity (Wildman–Crippen MR) is 58.8 cm³/mol. The quantitative estimate of drug-likeness (QED) is 0.820. The van der Waals surface area contributed by atoms with Crippen LogP contribution in [0.2, 0.25) is 0 Å². The maximum atomic E-state index is 11.6. The van der Waals surface area contributed by atoms with Crippen molar-refractivity contribution >= 4 is 27.4 Å². The van der Waals surface area contributed by atoms with Crippen molar-refractivity contribution in [2.24, 2.45) is 0 Å². The Morgan fingerprint density at radius 1 is 1.60 bits per heavy atom. The highest BCUT2D eigenvalue weighted by molar-refractivity contribution is 7.89. The predicted octanol–water partition coefficient (Wildman–Crippen LogP) is 0.695. The van der Waals surface area contributed by atoms with Gasteiger partial charge in [-0.15, -0.1) is 0 Å². The van der Waals surface area contributed by atoms with E-state index < -0.39 is 10.0 Å². The monoisotopic (exact) mass is 247 g/mol. The van der Waals surface area contributed by atoms with Crippen LogP contribution in [0.4, 0.5) is 5.82 Å². The lowest BCUT2D eigenvalue weighted by Gasteiger charge is -2.05. The Morgan fingerprint density at radius 3 is 2.73 bits per heavy atom. The third-order valence-corrected chi connectivity index (χ3v) is 3.04. The van der Waals surface area contributed by atoms with Crippen molar-refractivity contribution in [3.8, 4) is 0 Å². The molecular formula is C8H10ClN3O2S. The molecule has 0 saturated heterocycles. The third-order valence-electron chi connectivity index (χ3n) is 1.52. The van der Waals surface area contributed by atoms with Crippen LogP contribution in [-0.2, 0) is 10.0 Å². The van der Waals surface area contributed by atoms with Crippen molar-refractivity contribution in [1.82, 2.24) is 9.71 Å². The summed E-state index contributed by atoms with van der Waals surface area (Å²) in [5, 5.41) is 0.210. The Labute approximate surface area is 93.0 Å². The summed E-state index contributed by atoms with van der Waals surface area (Å²) >= 11 is 5.44. The first-order chi connectivity index (χ1) is 6.92. The van der Waals surface area contributed by atoms with Gasteiger partial charge in [0.05, 0.1) is 0 Å². The van der Waals surface area contributed by atoms with Gasteiger partial charge in [-0.3, -0.25) is 0 Å². The molecule has 3 N–H and O–H groups in total. The summed E-state index contributed by atoms with van der Waals surface area (Å²) in [6.07, 6.45) is 1.18. The highest BCUT2D eigenvalue weighted by atomic mass is 35.5. The maximum Gasteiger partial charge on any atom is 0.242 e. The molecule has 0 amide bonds. The van der Waals surface area contributed by atoms with Crippen molar-refractivity contribution < 1.29 is 8.42 Å². The van der Waals surface area contributed by atoms with E-state index in [0.717, 1.165) is 0 Å². The average molecular weight is 248 g/mol. The summed E-state index contributed by atoms with van der Waals surface area (Å²) in [5.41, 5.74) is 5.33. The molecule has 0 fully saturated rings. The van der Waals surface area contributed by atoms with Gasteiger partial charge in [-0.2, -0.15) is 0 Å². The summed E-state index contributed by atoms with van der Waals surface area (Å²) in [6.45, 7) is 3.35. The number of nitrogen functional groups attached to an aromatic ring is 1. The second-order valence-corrected chi connectivity index (χ2v) is 5.06. The Morgan fingerprint density at radius 2 is 2.27 bits per heavy atom. The van der Waals surface area contributed by atoms with Gasteiger partial charge in [-0.05, 0) is 12.1 Å². The zero-order valence-corrected chi connectivity index (χ0v) is 9.35. The lowest BCUT2D eigenvalue weighted by atomic mass is 10.5. The fourth-order valence-corrected chi connectivity index (χ4v) is 1.92. The van der Waals surface area contributed by atoms with Crippen LogP contribution in [0.25, 0.3) is 0 Å². The zero-order valence-electron chi connectivity index (χ0n) is 7.77. The average Bonchev–Trinajstić information content (AvgIpc) is 2.16. The lowest BCUT2D eigenvalue weighted by Crippen LogP contribution is -2.24. The van der Waals surface area contributed by atoms with Gasteiger partial charge in [0.1, 0.15) is 10.7 Å². The lowest BCUT2D eigenvalue weighted by molar-refractivity contribution is 0.585. The third kappa shape index (κ3) is 3.50. The van der Waals surface area contributed by atoms with E-state index >= 15 is 0 Å². The molecule has 0 unspecified atom stereocenters. The van der Waals surface area contributed by atoms with Crippen molar-refractivity contribution in [3.05, 3.63) is 29.9 Å². The molecule has 1 rings (SSSR count). The number of pyridine rings is 1. The number of hydrogen-bond donors (Lipinski definition) is 2. The molecule has 0 atom stereocenters. The molecule has 0 aromatic carbocycles. The van der Waals surface area contributed by atoms with Crippen LogP contribution in [0, 0.1) is 0 Å². The standard InChI is InChI=1S/C8H10ClN3O2S/c1-6(9)4-12-15(13,14)7-2-3-8(10)11-5-7/h2-3,5,12H,1,4H2,(H2,10,11). The van der Waals surface area contributed by atoms with Gasteiger partial charge in [0, 0.05) is 17.8 Å². The molecule has 1 heterocycles. The highest BCUT2D eigenvalue weighted by Crippen LogP contribution is 2.08. The van der Waals surface area contributed by atoms with E-state index in [9.17, 15) is 8.42 Å². The number of nitrogens with one attached hydrogen (secondary N) is 1. The molecule has 82 valence electrons. The van der Waals surface area contributed by atoms with E-state index in [1.807, 2.05) is 0 Å². The normalized spacial score (nSPS) is 11.3. The molecule has 1 aromatic rings. The van der Waals surface area contributed by atoms with Gasteiger partial charge in [-0.25, -0.2) is 18.1 Å². The number of nitrogens with zero attached hydrogens (tertiary/aromatic N) is 1. The molecule has 0 spiro atoms. The molecular weight excluding hydrogens is 238 g/mol. The summed E-state index contributed by atoms with van der Waals surface area (Å²) in [5.74, 6) is 0.260. The highest BCUT2D eigenvalue weighted by Gasteiger charge is 2.13. The van der Waals surface area contributed by atoms with Crippen molar-refractivity contribution in [1.29, 1.82) is 0 Å². The molecule has 0 aliphatic rings. The second kappa shape index (κ2) is 4.61. The van der Waals surface area contributed by atoms with E-state index in [1.54, 1.807) is 0 Å². The van der Waals surface area contributed by atoms with Crippen LogP contribution in [-0.4, -0.2) is 19.9 Å². The molecule has 0 aliphatic heterocycles. The van der Waals surface area contributed by atoms with E-state index in [-0.39, 0.29) is 22.3 Å². The van der Waals surface area contributed by atoms with Crippen molar-refractivity contribution in [2.45, 2.75) is 4.90 Å². The van der Waals surface area contributed by atoms with Crippen LogP contribution in [0.1, 0.15) is 0 Å². The Kier molecular flexibility index (Phi) is 3.67. The molecule has 0 aliphatic carbocycles. The van der Waals surface area contributed by atoms with E-state index in [1.165, 1.54) is 18.3 Å². The Bertz CT molecular complexity index is 455. The van der Waals surface area contributed by atoms with Crippen molar-refractivity contribution in [2.75, 3.05) is 12.3 Å². The molecule has 15 heavy (non-hydrogen) atoms.